The van der Waals surface area contributed by atoms with Gasteiger partial charge < -0.3 is 21.1 Å². The zero-order chi connectivity index (χ0) is 14.4. The largest absolute Gasteiger partial charge is 0.382 e. The highest BCUT2D eigenvalue weighted by atomic mass is 16.5. The summed E-state index contributed by atoms with van der Waals surface area (Å²) in [6.45, 7) is 0.0676. The second kappa shape index (κ2) is 7.26. The highest BCUT2D eigenvalue weighted by Crippen LogP contribution is 2.22. The van der Waals surface area contributed by atoms with Crippen LogP contribution in [0.5, 0.6) is 0 Å². The number of nitrogens with one attached hydrogen (secondary N) is 2. The van der Waals surface area contributed by atoms with Crippen molar-refractivity contribution in [3.63, 3.8) is 0 Å². The van der Waals surface area contributed by atoms with Crippen LogP contribution in [0.4, 0.5) is 11.4 Å². The zero-order valence-electron chi connectivity index (χ0n) is 11.9. The third kappa shape index (κ3) is 4.51. The van der Waals surface area contributed by atoms with Crippen LogP contribution in [0.2, 0.25) is 0 Å². The Labute approximate surface area is 119 Å². The Morgan fingerprint density at radius 2 is 2.00 bits per heavy atom. The smallest absolute Gasteiger partial charge is 0.250 e. The fraction of sp³-hybridized carbons (Fsp3) is 0.533. The molecule has 5 nitrogen and oxygen atoms in total. The van der Waals surface area contributed by atoms with Gasteiger partial charge in [0.05, 0.1) is 0 Å². The molecule has 1 aromatic rings. The Morgan fingerprint density at radius 3 is 2.70 bits per heavy atom. The molecule has 0 heterocycles. The fourth-order valence-corrected chi connectivity index (χ4v) is 2.51. The van der Waals surface area contributed by atoms with Gasteiger partial charge >= 0.3 is 0 Å². The van der Waals surface area contributed by atoms with Crippen LogP contribution in [0.25, 0.3) is 0 Å². The molecule has 0 radical (unpaired) electrons. The van der Waals surface area contributed by atoms with E-state index in [4.69, 9.17) is 10.5 Å². The monoisotopic (exact) mass is 277 g/mol. The lowest BCUT2D eigenvalue weighted by Gasteiger charge is -2.27. The topological polar surface area (TPSA) is 76.4 Å². The van der Waals surface area contributed by atoms with E-state index >= 15 is 0 Å². The number of methoxy groups -OCH3 is 1. The third-order valence-electron chi connectivity index (χ3n) is 3.56. The zero-order valence-corrected chi connectivity index (χ0v) is 11.9. The van der Waals surface area contributed by atoms with Crippen molar-refractivity contribution >= 4 is 17.3 Å². The maximum Gasteiger partial charge on any atom is 0.250 e. The number of carbonyl (C=O) groups is 1. The SMILES string of the molecule is COCC(=O)Nc1cccc(NC2CCC(N)CC2)c1. The van der Waals surface area contributed by atoms with Crippen LogP contribution in [0.15, 0.2) is 24.3 Å². The minimum atomic E-state index is -0.145. The van der Waals surface area contributed by atoms with Crippen molar-refractivity contribution < 1.29 is 9.53 Å². The molecule has 0 aliphatic heterocycles. The van der Waals surface area contributed by atoms with E-state index in [1.807, 2.05) is 24.3 Å². The van der Waals surface area contributed by atoms with E-state index in [1.165, 1.54) is 7.11 Å². The molecule has 1 aliphatic rings. The second-order valence-electron chi connectivity index (χ2n) is 5.32. The first-order valence-electron chi connectivity index (χ1n) is 7.08. The van der Waals surface area contributed by atoms with E-state index in [9.17, 15) is 4.79 Å². The molecular formula is C15H23N3O2. The number of amides is 1. The van der Waals surface area contributed by atoms with E-state index in [0.29, 0.717) is 12.1 Å². The number of ether oxygens (including phenoxy) is 1. The average Bonchev–Trinajstić information content (AvgIpc) is 2.42. The van der Waals surface area contributed by atoms with E-state index in [0.717, 1.165) is 37.1 Å². The van der Waals surface area contributed by atoms with Crippen molar-refractivity contribution in [1.82, 2.24) is 0 Å². The predicted octanol–water partition coefficient (Wildman–Crippen LogP) is 1.95. The minimum Gasteiger partial charge on any atom is -0.382 e. The first-order chi connectivity index (χ1) is 9.67. The Balaban J connectivity index is 1.90. The molecule has 0 bridgehead atoms. The Bertz CT molecular complexity index is 442. The molecule has 110 valence electrons. The summed E-state index contributed by atoms with van der Waals surface area (Å²) in [5.74, 6) is -0.145. The van der Waals surface area contributed by atoms with Crippen LogP contribution < -0.4 is 16.4 Å². The first-order valence-corrected chi connectivity index (χ1v) is 7.08. The molecular weight excluding hydrogens is 254 g/mol. The molecule has 20 heavy (non-hydrogen) atoms. The van der Waals surface area contributed by atoms with Gasteiger partial charge in [0, 0.05) is 30.6 Å². The van der Waals surface area contributed by atoms with Gasteiger partial charge in [0.25, 0.3) is 0 Å². The molecule has 1 aromatic carbocycles. The highest BCUT2D eigenvalue weighted by molar-refractivity contribution is 5.92. The van der Waals surface area contributed by atoms with E-state index in [-0.39, 0.29) is 12.5 Å². The predicted molar refractivity (Wildman–Crippen MR) is 80.8 cm³/mol. The molecule has 1 aliphatic carbocycles. The lowest BCUT2D eigenvalue weighted by molar-refractivity contribution is -0.119. The summed E-state index contributed by atoms with van der Waals surface area (Å²) >= 11 is 0. The van der Waals surface area contributed by atoms with Crippen molar-refractivity contribution in [3.05, 3.63) is 24.3 Å². The molecule has 2 rings (SSSR count). The van der Waals surface area contributed by atoms with Crippen LogP contribution in [0, 0.1) is 0 Å². The second-order valence-corrected chi connectivity index (χ2v) is 5.32. The molecule has 0 spiro atoms. The molecule has 1 amide bonds. The summed E-state index contributed by atoms with van der Waals surface area (Å²) in [5, 5.41) is 6.31. The lowest BCUT2D eigenvalue weighted by atomic mass is 9.91. The van der Waals surface area contributed by atoms with Crippen molar-refractivity contribution in [1.29, 1.82) is 0 Å². The van der Waals surface area contributed by atoms with Gasteiger partial charge in [-0.25, -0.2) is 0 Å². The fourth-order valence-electron chi connectivity index (χ4n) is 2.51. The van der Waals surface area contributed by atoms with E-state index < -0.39 is 0 Å². The number of hydrogen-bond acceptors (Lipinski definition) is 4. The van der Waals surface area contributed by atoms with Crippen LogP contribution in [-0.2, 0) is 9.53 Å². The van der Waals surface area contributed by atoms with Gasteiger partial charge in [-0.2, -0.15) is 0 Å². The molecule has 4 N–H and O–H groups in total. The summed E-state index contributed by atoms with van der Waals surface area (Å²) in [7, 11) is 1.51. The maximum absolute atomic E-state index is 11.5. The number of nitrogens with two attached hydrogens (primary N) is 1. The summed E-state index contributed by atoms with van der Waals surface area (Å²) in [5.41, 5.74) is 7.72. The van der Waals surface area contributed by atoms with Crippen molar-refractivity contribution in [2.45, 2.75) is 37.8 Å². The number of hydrogen-bond donors (Lipinski definition) is 3. The Hall–Kier alpha value is -1.59. The van der Waals surface area contributed by atoms with Crippen LogP contribution in [0.1, 0.15) is 25.7 Å². The normalized spacial score (nSPS) is 22.3. The number of anilines is 2. The number of benzene rings is 1. The molecule has 0 atom stereocenters. The van der Waals surface area contributed by atoms with Crippen molar-refractivity contribution in [3.8, 4) is 0 Å². The summed E-state index contributed by atoms with van der Waals surface area (Å²) < 4.78 is 4.80. The number of carbonyl (C=O) groups excluding carboxylic acids is 1. The van der Waals surface area contributed by atoms with Crippen molar-refractivity contribution in [2.75, 3.05) is 24.4 Å². The lowest BCUT2D eigenvalue weighted by Crippen LogP contribution is -2.32. The van der Waals surface area contributed by atoms with E-state index in [1.54, 1.807) is 0 Å². The highest BCUT2D eigenvalue weighted by Gasteiger charge is 2.18. The molecule has 0 unspecified atom stereocenters. The van der Waals surface area contributed by atoms with Gasteiger partial charge in [-0.05, 0) is 43.9 Å². The standard InChI is InChI=1S/C15H23N3O2/c1-20-10-15(19)18-14-4-2-3-13(9-14)17-12-7-5-11(16)6-8-12/h2-4,9,11-12,17H,5-8,10,16H2,1H3,(H,18,19). The molecule has 0 saturated heterocycles. The maximum atomic E-state index is 11.5. The molecule has 1 saturated carbocycles. The Kier molecular flexibility index (Phi) is 5.38. The van der Waals surface area contributed by atoms with Gasteiger partial charge in [0.2, 0.25) is 5.91 Å². The van der Waals surface area contributed by atoms with Gasteiger partial charge in [-0.15, -0.1) is 0 Å². The van der Waals surface area contributed by atoms with Gasteiger partial charge in [0.15, 0.2) is 0 Å². The first kappa shape index (κ1) is 14.8. The average molecular weight is 277 g/mol. The summed E-state index contributed by atoms with van der Waals surface area (Å²) in [6.07, 6.45) is 4.34. The Morgan fingerprint density at radius 1 is 1.30 bits per heavy atom. The summed E-state index contributed by atoms with van der Waals surface area (Å²) in [4.78, 5) is 11.5. The van der Waals surface area contributed by atoms with Crippen LogP contribution in [-0.4, -0.2) is 31.7 Å². The quantitative estimate of drug-likeness (QED) is 0.769. The summed E-state index contributed by atoms with van der Waals surface area (Å²) in [6, 6.07) is 8.59. The minimum absolute atomic E-state index is 0.0676. The third-order valence-corrected chi connectivity index (χ3v) is 3.56. The molecule has 5 heteroatoms. The van der Waals surface area contributed by atoms with E-state index in [2.05, 4.69) is 10.6 Å². The molecule has 0 aromatic heterocycles. The van der Waals surface area contributed by atoms with Gasteiger partial charge in [-0.3, -0.25) is 4.79 Å². The van der Waals surface area contributed by atoms with Crippen LogP contribution in [0.3, 0.4) is 0 Å². The van der Waals surface area contributed by atoms with Gasteiger partial charge in [0.1, 0.15) is 6.61 Å². The number of rotatable bonds is 5. The molecule has 1 fully saturated rings. The van der Waals surface area contributed by atoms with Crippen molar-refractivity contribution in [2.24, 2.45) is 5.73 Å². The van der Waals surface area contributed by atoms with Gasteiger partial charge in [-0.1, -0.05) is 6.07 Å². The van der Waals surface area contributed by atoms with Crippen LogP contribution >= 0.6 is 0 Å².